The Balaban J connectivity index is 1.33. The fraction of sp³-hybridized carbons (Fsp3) is 0.381. The van der Waals surface area contributed by atoms with Gasteiger partial charge in [-0.15, -0.1) is 0 Å². The summed E-state index contributed by atoms with van der Waals surface area (Å²) in [6.07, 6.45) is 2.24. The highest BCUT2D eigenvalue weighted by atomic mass is 19.1. The smallest absolute Gasteiger partial charge is 0.223 e. The highest BCUT2D eigenvalue weighted by Gasteiger charge is 2.20. The lowest BCUT2D eigenvalue weighted by molar-refractivity contribution is -0.122. The maximum Gasteiger partial charge on any atom is 0.223 e. The number of carbonyl (C=O) groups is 1. The van der Waals surface area contributed by atoms with Gasteiger partial charge in [-0.05, 0) is 42.7 Å². The summed E-state index contributed by atoms with van der Waals surface area (Å²) in [5.41, 5.74) is 1.12. The quantitative estimate of drug-likeness (QED) is 0.827. The van der Waals surface area contributed by atoms with Gasteiger partial charge in [-0.25, -0.2) is 4.39 Å². The van der Waals surface area contributed by atoms with Crippen molar-refractivity contribution in [3.05, 3.63) is 66.0 Å². The molecule has 0 atom stereocenters. The molecule has 5 heteroatoms. The fourth-order valence-corrected chi connectivity index (χ4v) is 3.16. The van der Waals surface area contributed by atoms with Gasteiger partial charge in [0.05, 0.1) is 13.0 Å². The third-order valence-electron chi connectivity index (χ3n) is 4.61. The van der Waals surface area contributed by atoms with Crippen LogP contribution in [0.5, 0.6) is 5.75 Å². The largest absolute Gasteiger partial charge is 0.493 e. The molecule has 0 radical (unpaired) electrons. The van der Waals surface area contributed by atoms with Crippen molar-refractivity contribution in [3.8, 4) is 5.75 Å². The summed E-state index contributed by atoms with van der Waals surface area (Å²) in [5.74, 6) is 0.624. The molecule has 1 aliphatic rings. The van der Waals surface area contributed by atoms with Gasteiger partial charge in [0.1, 0.15) is 11.6 Å². The number of rotatable bonds is 7. The van der Waals surface area contributed by atoms with Gasteiger partial charge < -0.3 is 10.1 Å². The molecular weight excluding hydrogens is 331 g/mol. The molecule has 0 spiro atoms. The Kier molecular flexibility index (Phi) is 6.61. The second kappa shape index (κ2) is 9.34. The number of halogens is 1. The number of piperidine rings is 1. The molecule has 3 rings (SSSR count). The molecular formula is C21H25FN2O2. The van der Waals surface area contributed by atoms with Crippen LogP contribution in [0.15, 0.2) is 54.6 Å². The molecule has 0 aromatic heterocycles. The van der Waals surface area contributed by atoms with E-state index in [9.17, 15) is 9.18 Å². The lowest BCUT2D eigenvalue weighted by Gasteiger charge is -2.32. The van der Waals surface area contributed by atoms with E-state index < -0.39 is 0 Å². The number of nitrogens with one attached hydrogen (secondary N) is 1. The van der Waals surface area contributed by atoms with Gasteiger partial charge in [-0.2, -0.15) is 0 Å². The lowest BCUT2D eigenvalue weighted by Crippen LogP contribution is -2.44. The summed E-state index contributed by atoms with van der Waals surface area (Å²) < 4.78 is 18.5. The van der Waals surface area contributed by atoms with E-state index in [0.29, 0.717) is 13.0 Å². The Morgan fingerprint density at radius 2 is 1.77 bits per heavy atom. The predicted molar refractivity (Wildman–Crippen MR) is 99.4 cm³/mol. The summed E-state index contributed by atoms with van der Waals surface area (Å²) in [5, 5.41) is 3.10. The summed E-state index contributed by atoms with van der Waals surface area (Å²) in [7, 11) is 0. The minimum absolute atomic E-state index is 0.0397. The topological polar surface area (TPSA) is 41.6 Å². The standard InChI is InChI=1S/C21H25FN2O2/c22-18-8-6-17(7-9-18)16-24-13-10-19(11-14-24)23-21(25)12-15-26-20-4-2-1-3-5-20/h1-9,19H,10-16H2,(H,23,25). The van der Waals surface area contributed by atoms with Crippen LogP contribution in [0.4, 0.5) is 4.39 Å². The van der Waals surface area contributed by atoms with Gasteiger partial charge in [0, 0.05) is 25.7 Å². The molecule has 1 fully saturated rings. The molecule has 0 unspecified atom stereocenters. The van der Waals surface area contributed by atoms with Crippen molar-refractivity contribution >= 4 is 5.91 Å². The summed E-state index contributed by atoms with van der Waals surface area (Å²) in [4.78, 5) is 14.4. The summed E-state index contributed by atoms with van der Waals surface area (Å²) in [6.45, 7) is 3.08. The van der Waals surface area contributed by atoms with E-state index in [2.05, 4.69) is 10.2 Å². The third-order valence-corrected chi connectivity index (χ3v) is 4.61. The van der Waals surface area contributed by atoms with Crippen LogP contribution in [-0.4, -0.2) is 36.5 Å². The van der Waals surface area contributed by atoms with Crippen LogP contribution in [0.3, 0.4) is 0 Å². The Bertz CT molecular complexity index is 683. The van der Waals surface area contributed by atoms with Crippen molar-refractivity contribution < 1.29 is 13.9 Å². The molecule has 2 aromatic rings. The van der Waals surface area contributed by atoms with E-state index in [1.165, 1.54) is 12.1 Å². The fourth-order valence-electron chi connectivity index (χ4n) is 3.16. The van der Waals surface area contributed by atoms with E-state index in [0.717, 1.165) is 43.8 Å². The monoisotopic (exact) mass is 356 g/mol. The van der Waals surface area contributed by atoms with E-state index >= 15 is 0 Å². The molecule has 1 saturated heterocycles. The van der Waals surface area contributed by atoms with Crippen LogP contribution in [0.25, 0.3) is 0 Å². The molecule has 1 N–H and O–H groups in total. The van der Waals surface area contributed by atoms with Crippen molar-refractivity contribution in [2.45, 2.75) is 31.8 Å². The Morgan fingerprint density at radius 1 is 1.08 bits per heavy atom. The van der Waals surface area contributed by atoms with E-state index in [1.54, 1.807) is 0 Å². The van der Waals surface area contributed by atoms with Crippen LogP contribution in [-0.2, 0) is 11.3 Å². The van der Waals surface area contributed by atoms with Gasteiger partial charge in [-0.3, -0.25) is 9.69 Å². The first-order chi connectivity index (χ1) is 12.7. The zero-order valence-corrected chi connectivity index (χ0v) is 14.9. The number of likely N-dealkylation sites (tertiary alicyclic amines) is 1. The Labute approximate surface area is 154 Å². The van der Waals surface area contributed by atoms with Crippen LogP contribution in [0, 0.1) is 5.82 Å². The minimum Gasteiger partial charge on any atom is -0.493 e. The zero-order valence-electron chi connectivity index (χ0n) is 14.9. The molecule has 0 bridgehead atoms. The molecule has 0 aliphatic carbocycles. The van der Waals surface area contributed by atoms with Crippen LogP contribution < -0.4 is 10.1 Å². The number of benzene rings is 2. The Hall–Kier alpha value is -2.40. The summed E-state index contributed by atoms with van der Waals surface area (Å²) >= 11 is 0. The number of nitrogens with zero attached hydrogens (tertiary/aromatic N) is 1. The Morgan fingerprint density at radius 3 is 2.46 bits per heavy atom. The highest BCUT2D eigenvalue weighted by Crippen LogP contribution is 2.15. The molecule has 1 amide bonds. The molecule has 2 aromatic carbocycles. The molecule has 4 nitrogen and oxygen atoms in total. The molecule has 1 heterocycles. The number of ether oxygens (including phenoxy) is 1. The van der Waals surface area contributed by atoms with Crippen molar-refractivity contribution in [2.24, 2.45) is 0 Å². The van der Waals surface area contributed by atoms with Crippen molar-refractivity contribution in [3.63, 3.8) is 0 Å². The number of para-hydroxylation sites is 1. The highest BCUT2D eigenvalue weighted by molar-refractivity contribution is 5.76. The number of hydrogen-bond donors (Lipinski definition) is 1. The lowest BCUT2D eigenvalue weighted by atomic mass is 10.0. The number of amides is 1. The first-order valence-corrected chi connectivity index (χ1v) is 9.13. The normalized spacial score (nSPS) is 15.6. The van der Waals surface area contributed by atoms with Crippen molar-refractivity contribution in [2.75, 3.05) is 19.7 Å². The van der Waals surface area contributed by atoms with Gasteiger partial charge in [-0.1, -0.05) is 30.3 Å². The number of carbonyl (C=O) groups excluding carboxylic acids is 1. The first-order valence-electron chi connectivity index (χ1n) is 9.13. The van der Waals surface area contributed by atoms with Crippen molar-refractivity contribution in [1.82, 2.24) is 10.2 Å². The SMILES string of the molecule is O=C(CCOc1ccccc1)NC1CCN(Cc2ccc(F)cc2)CC1. The van der Waals surface area contributed by atoms with E-state index in [1.807, 2.05) is 42.5 Å². The van der Waals surface area contributed by atoms with Gasteiger partial charge in [0.2, 0.25) is 5.91 Å². The predicted octanol–water partition coefficient (Wildman–Crippen LogP) is 3.38. The van der Waals surface area contributed by atoms with Crippen molar-refractivity contribution in [1.29, 1.82) is 0 Å². The van der Waals surface area contributed by atoms with Gasteiger partial charge in [0.25, 0.3) is 0 Å². The average Bonchev–Trinajstić information content (AvgIpc) is 2.66. The van der Waals surface area contributed by atoms with Crippen LogP contribution in [0.2, 0.25) is 0 Å². The minimum atomic E-state index is -0.202. The van der Waals surface area contributed by atoms with Crippen LogP contribution in [0.1, 0.15) is 24.8 Å². The van der Waals surface area contributed by atoms with E-state index in [4.69, 9.17) is 4.74 Å². The maximum absolute atomic E-state index is 13.0. The van der Waals surface area contributed by atoms with E-state index in [-0.39, 0.29) is 17.8 Å². The second-order valence-electron chi connectivity index (χ2n) is 6.66. The maximum atomic E-state index is 13.0. The van der Waals surface area contributed by atoms with Gasteiger partial charge in [0.15, 0.2) is 0 Å². The number of hydrogen-bond acceptors (Lipinski definition) is 3. The molecule has 138 valence electrons. The summed E-state index contributed by atoms with van der Waals surface area (Å²) in [6, 6.07) is 16.4. The zero-order chi connectivity index (χ0) is 18.2. The average molecular weight is 356 g/mol. The van der Waals surface area contributed by atoms with Crippen LogP contribution >= 0.6 is 0 Å². The first kappa shape index (κ1) is 18.4. The third kappa shape index (κ3) is 5.85. The molecule has 26 heavy (non-hydrogen) atoms. The molecule has 0 saturated carbocycles. The molecule has 1 aliphatic heterocycles. The van der Waals surface area contributed by atoms with Gasteiger partial charge >= 0.3 is 0 Å². The second-order valence-corrected chi connectivity index (χ2v) is 6.66.